The first-order valence-electron chi connectivity index (χ1n) is 11.2. The highest BCUT2D eigenvalue weighted by Gasteiger charge is 2.59. The number of carbonyl (C=O) groups is 1. The molecule has 3 heteroatoms. The Morgan fingerprint density at radius 2 is 1.93 bits per heavy atom. The Morgan fingerprint density at radius 3 is 2.63 bits per heavy atom. The molecule has 3 fully saturated rings. The van der Waals surface area contributed by atoms with Crippen molar-refractivity contribution >= 4 is 5.78 Å². The lowest BCUT2D eigenvalue weighted by Crippen LogP contribution is -2.53. The molecule has 3 saturated carbocycles. The lowest BCUT2D eigenvalue weighted by atomic mass is 9.47. The van der Waals surface area contributed by atoms with Crippen molar-refractivity contribution in [2.45, 2.75) is 91.3 Å². The minimum Gasteiger partial charge on any atom is -0.393 e. The molecule has 27 heavy (non-hydrogen) atoms. The first-order valence-corrected chi connectivity index (χ1v) is 11.2. The topological polar surface area (TPSA) is 57.5 Å². The van der Waals surface area contributed by atoms with E-state index in [0.29, 0.717) is 35.9 Å². The van der Waals surface area contributed by atoms with E-state index in [-0.39, 0.29) is 29.0 Å². The molecule has 0 saturated heterocycles. The molecule has 2 N–H and O–H groups in total. The molecule has 0 bridgehead atoms. The number of carbonyl (C=O) groups excluding carboxylic acids is 1. The number of aliphatic hydroxyl groups is 2. The van der Waals surface area contributed by atoms with E-state index in [9.17, 15) is 15.0 Å². The molecule has 0 spiro atoms. The summed E-state index contributed by atoms with van der Waals surface area (Å²) in [4.78, 5) is 11.7. The molecular formula is C24H38O3. The van der Waals surface area contributed by atoms with Crippen LogP contribution in [0.15, 0.2) is 11.6 Å². The van der Waals surface area contributed by atoms with E-state index in [2.05, 4.69) is 26.8 Å². The number of rotatable bonds is 3. The predicted octanol–water partition coefficient (Wildman–Crippen LogP) is 4.51. The maximum absolute atomic E-state index is 11.7. The number of Topliss-reactive ketones (excluding diaryl/α,β-unsaturated/α-hetero) is 1. The van der Waals surface area contributed by atoms with E-state index < -0.39 is 0 Å². The van der Waals surface area contributed by atoms with Crippen LogP contribution in [0.25, 0.3) is 0 Å². The van der Waals surface area contributed by atoms with Gasteiger partial charge in [0.1, 0.15) is 5.78 Å². The second-order valence-corrected chi connectivity index (χ2v) is 10.9. The fourth-order valence-corrected chi connectivity index (χ4v) is 8.12. The third-order valence-corrected chi connectivity index (χ3v) is 9.39. The molecule has 4 aliphatic rings. The van der Waals surface area contributed by atoms with Crippen LogP contribution in [0.2, 0.25) is 0 Å². The van der Waals surface area contributed by atoms with Crippen LogP contribution < -0.4 is 0 Å². The molecule has 0 heterocycles. The van der Waals surface area contributed by atoms with Gasteiger partial charge in [0.25, 0.3) is 0 Å². The van der Waals surface area contributed by atoms with E-state index >= 15 is 0 Å². The van der Waals surface area contributed by atoms with Crippen molar-refractivity contribution in [2.24, 2.45) is 40.4 Å². The Morgan fingerprint density at radius 1 is 1.19 bits per heavy atom. The van der Waals surface area contributed by atoms with Crippen molar-refractivity contribution < 1.29 is 15.0 Å². The first kappa shape index (κ1) is 19.6. The van der Waals surface area contributed by atoms with Gasteiger partial charge in [0.05, 0.1) is 12.2 Å². The maximum Gasteiger partial charge on any atom is 0.130 e. The summed E-state index contributed by atoms with van der Waals surface area (Å²) in [5.74, 6) is 2.71. The summed E-state index contributed by atoms with van der Waals surface area (Å²) in [7, 11) is 0. The average molecular weight is 375 g/mol. The predicted molar refractivity (Wildman–Crippen MR) is 107 cm³/mol. The third-order valence-electron chi connectivity index (χ3n) is 9.39. The van der Waals surface area contributed by atoms with Gasteiger partial charge in [0.2, 0.25) is 0 Å². The zero-order chi connectivity index (χ0) is 19.6. The molecule has 4 aliphatic carbocycles. The number of hydrogen-bond donors (Lipinski definition) is 2. The van der Waals surface area contributed by atoms with Crippen LogP contribution in [0.5, 0.6) is 0 Å². The molecule has 0 aromatic carbocycles. The molecule has 0 radical (unpaired) electrons. The van der Waals surface area contributed by atoms with Crippen molar-refractivity contribution in [1.29, 1.82) is 0 Å². The third kappa shape index (κ3) is 2.95. The monoisotopic (exact) mass is 374 g/mol. The quantitative estimate of drug-likeness (QED) is 0.715. The minimum absolute atomic E-state index is 0.0615. The molecular weight excluding hydrogens is 336 g/mol. The smallest absolute Gasteiger partial charge is 0.130 e. The number of hydrogen-bond acceptors (Lipinski definition) is 3. The molecule has 4 rings (SSSR count). The molecule has 3 nitrogen and oxygen atoms in total. The van der Waals surface area contributed by atoms with E-state index in [1.54, 1.807) is 12.5 Å². The number of ketones is 1. The molecule has 0 aromatic heterocycles. The Labute approximate surface area is 164 Å². The fourth-order valence-electron chi connectivity index (χ4n) is 8.12. The van der Waals surface area contributed by atoms with Gasteiger partial charge < -0.3 is 15.0 Å². The van der Waals surface area contributed by atoms with E-state index in [0.717, 1.165) is 32.1 Å². The van der Waals surface area contributed by atoms with Gasteiger partial charge in [-0.3, -0.25) is 0 Å². The normalized spacial score (nSPS) is 50.2. The Bertz CT molecular complexity index is 640. The van der Waals surface area contributed by atoms with Gasteiger partial charge in [-0.2, -0.15) is 0 Å². The van der Waals surface area contributed by atoms with Gasteiger partial charge in [-0.05, 0) is 92.3 Å². The average Bonchev–Trinajstić information content (AvgIpc) is 2.93. The first-order chi connectivity index (χ1) is 12.7. The van der Waals surface area contributed by atoms with Crippen molar-refractivity contribution in [3.8, 4) is 0 Å². The summed E-state index contributed by atoms with van der Waals surface area (Å²) in [5, 5.41) is 21.2. The van der Waals surface area contributed by atoms with E-state index in [4.69, 9.17) is 0 Å². The van der Waals surface area contributed by atoms with Crippen molar-refractivity contribution in [3.63, 3.8) is 0 Å². The zero-order valence-corrected chi connectivity index (χ0v) is 17.6. The molecule has 152 valence electrons. The summed E-state index contributed by atoms with van der Waals surface area (Å²) >= 11 is 0. The highest BCUT2D eigenvalue weighted by Crippen LogP contribution is 2.66. The van der Waals surface area contributed by atoms with Crippen molar-refractivity contribution in [3.05, 3.63) is 11.6 Å². The maximum atomic E-state index is 11.7. The van der Waals surface area contributed by atoms with E-state index in [1.165, 1.54) is 12.8 Å². The van der Waals surface area contributed by atoms with Gasteiger partial charge >= 0.3 is 0 Å². The largest absolute Gasteiger partial charge is 0.393 e. The van der Waals surface area contributed by atoms with Crippen LogP contribution in [0.4, 0.5) is 0 Å². The molecule has 9 unspecified atom stereocenters. The fraction of sp³-hybridized carbons (Fsp3) is 0.875. The van der Waals surface area contributed by atoms with Crippen LogP contribution in [-0.2, 0) is 4.79 Å². The number of aliphatic hydroxyl groups excluding tert-OH is 2. The van der Waals surface area contributed by atoms with Gasteiger partial charge in [-0.15, -0.1) is 0 Å². The number of allylic oxidation sites excluding steroid dienone is 2. The molecule has 0 aromatic rings. The van der Waals surface area contributed by atoms with Crippen molar-refractivity contribution in [2.75, 3.05) is 0 Å². The highest BCUT2D eigenvalue weighted by atomic mass is 16.3. The van der Waals surface area contributed by atoms with Crippen LogP contribution in [0, 0.1) is 40.4 Å². The van der Waals surface area contributed by atoms with Crippen molar-refractivity contribution in [1.82, 2.24) is 0 Å². The van der Waals surface area contributed by atoms with Gasteiger partial charge in [0.15, 0.2) is 0 Å². The number of fused-ring (bicyclic) bond motifs is 5. The van der Waals surface area contributed by atoms with Gasteiger partial charge in [-0.25, -0.2) is 0 Å². The van der Waals surface area contributed by atoms with Gasteiger partial charge in [0, 0.05) is 6.42 Å². The second-order valence-electron chi connectivity index (χ2n) is 10.9. The van der Waals surface area contributed by atoms with Crippen LogP contribution in [0.1, 0.15) is 79.1 Å². The summed E-state index contributed by atoms with van der Waals surface area (Å²) in [6, 6.07) is 0. The van der Waals surface area contributed by atoms with Crippen LogP contribution >= 0.6 is 0 Å². The lowest BCUT2D eigenvalue weighted by Gasteiger charge is -2.58. The van der Waals surface area contributed by atoms with E-state index in [1.807, 2.05) is 0 Å². The standard InChI is InChI=1S/C24H38O3/c1-14(11-15(2)25)18-5-6-19-17-13-22(27)21-12-16(26)7-9-24(21,4)20(17)8-10-23(18,19)3/h8,14,16-19,21-22,26-27H,5-7,9-13H2,1-4H3. The zero-order valence-electron chi connectivity index (χ0n) is 17.6. The van der Waals surface area contributed by atoms with Crippen LogP contribution in [0.3, 0.4) is 0 Å². The lowest BCUT2D eigenvalue weighted by molar-refractivity contribution is -0.118. The second kappa shape index (κ2) is 6.69. The Kier molecular flexibility index (Phi) is 4.87. The Balaban J connectivity index is 1.65. The molecule has 9 atom stereocenters. The SMILES string of the molecule is CC(=O)CC(C)C1CCC2C3CC(O)C4CC(O)CCC4(C)C3=CCC12C. The summed E-state index contributed by atoms with van der Waals surface area (Å²) in [6.45, 7) is 8.82. The Hall–Kier alpha value is -0.670. The van der Waals surface area contributed by atoms with Crippen LogP contribution in [-0.4, -0.2) is 28.2 Å². The summed E-state index contributed by atoms with van der Waals surface area (Å²) in [5.41, 5.74) is 1.93. The summed E-state index contributed by atoms with van der Waals surface area (Å²) < 4.78 is 0. The van der Waals surface area contributed by atoms with Gasteiger partial charge in [-0.1, -0.05) is 32.4 Å². The summed E-state index contributed by atoms with van der Waals surface area (Å²) in [6.07, 6.45) is 9.78. The molecule has 0 amide bonds. The minimum atomic E-state index is -0.289. The molecule has 0 aliphatic heterocycles. The highest BCUT2D eigenvalue weighted by molar-refractivity contribution is 5.75.